The van der Waals surface area contributed by atoms with E-state index in [1.165, 1.54) is 29.8 Å². The molecule has 2 aromatic heterocycles. The number of carbonyl (C=O) groups excluding carboxylic acids is 1. The molecule has 0 fully saturated rings. The highest BCUT2D eigenvalue weighted by molar-refractivity contribution is 7.15. The van der Waals surface area contributed by atoms with Gasteiger partial charge in [0.1, 0.15) is 0 Å². The van der Waals surface area contributed by atoms with Gasteiger partial charge in [0.2, 0.25) is 0 Å². The number of aryl methyl sites for hydroxylation is 2. The Bertz CT molecular complexity index is 812. The molecule has 112 valence electrons. The number of nitrogens with one attached hydrogen (secondary N) is 2. The van der Waals surface area contributed by atoms with Crippen LogP contribution in [0.3, 0.4) is 0 Å². The van der Waals surface area contributed by atoms with Gasteiger partial charge in [-0.05, 0) is 43.9 Å². The fourth-order valence-corrected chi connectivity index (χ4v) is 3.87. The first-order valence-electron chi connectivity index (χ1n) is 7.53. The number of fused-ring (bicyclic) bond motifs is 2. The molecule has 2 N–H and O–H groups in total. The summed E-state index contributed by atoms with van der Waals surface area (Å²) < 4.78 is 0. The molecule has 0 bridgehead atoms. The Labute approximate surface area is 131 Å². The van der Waals surface area contributed by atoms with E-state index in [0.717, 1.165) is 23.9 Å². The fourth-order valence-electron chi connectivity index (χ4n) is 2.83. The first-order chi connectivity index (χ1) is 10.8. The minimum Gasteiger partial charge on any atom is -0.345 e. The number of hydrogen-bond donors (Lipinski definition) is 2. The lowest BCUT2D eigenvalue weighted by Gasteiger charge is -2.01. The van der Waals surface area contributed by atoms with Gasteiger partial charge in [-0.1, -0.05) is 6.42 Å². The summed E-state index contributed by atoms with van der Waals surface area (Å²) in [6.45, 7) is 0. The monoisotopic (exact) mass is 312 g/mol. The predicted octanol–water partition coefficient (Wildman–Crippen LogP) is 3.54. The van der Waals surface area contributed by atoms with Crippen LogP contribution in [0.5, 0.6) is 0 Å². The Balaban J connectivity index is 1.56. The van der Waals surface area contributed by atoms with E-state index in [0.29, 0.717) is 10.7 Å². The van der Waals surface area contributed by atoms with Crippen LogP contribution in [0.25, 0.3) is 11.0 Å². The van der Waals surface area contributed by atoms with Crippen LogP contribution in [0.2, 0.25) is 0 Å². The molecule has 2 heterocycles. The van der Waals surface area contributed by atoms with Crippen LogP contribution in [-0.2, 0) is 12.8 Å². The minimum absolute atomic E-state index is 0.125. The molecule has 3 aromatic rings. The number of anilines is 1. The lowest BCUT2D eigenvalue weighted by atomic mass is 10.2. The molecule has 1 aromatic carbocycles. The standard InChI is InChI=1S/C16H16N4OS/c21-15(10-6-7-11-13(8-10)18-9-17-11)20-16-19-12-4-2-1-3-5-14(12)22-16/h6-9H,1-5H2,(H,17,18)(H,19,20,21). The Morgan fingerprint density at radius 1 is 1.23 bits per heavy atom. The van der Waals surface area contributed by atoms with E-state index in [-0.39, 0.29) is 5.91 Å². The van der Waals surface area contributed by atoms with Crippen molar-refractivity contribution in [3.8, 4) is 0 Å². The van der Waals surface area contributed by atoms with Crippen molar-refractivity contribution in [1.82, 2.24) is 15.0 Å². The number of thiazole rings is 1. The van der Waals surface area contributed by atoms with Gasteiger partial charge >= 0.3 is 0 Å². The summed E-state index contributed by atoms with van der Waals surface area (Å²) in [6, 6.07) is 5.45. The molecular weight excluding hydrogens is 296 g/mol. The van der Waals surface area contributed by atoms with E-state index in [9.17, 15) is 4.79 Å². The SMILES string of the molecule is O=C(Nc1nc2c(s1)CCCCC2)c1ccc2nc[nH]c2c1. The molecule has 4 rings (SSSR count). The van der Waals surface area contributed by atoms with Gasteiger partial charge in [-0.15, -0.1) is 11.3 Å². The van der Waals surface area contributed by atoms with Crippen LogP contribution in [0.1, 0.15) is 40.2 Å². The second-order valence-electron chi connectivity index (χ2n) is 5.54. The molecule has 0 spiro atoms. The average Bonchev–Trinajstić information content (AvgIpc) is 3.08. The summed E-state index contributed by atoms with van der Waals surface area (Å²) in [4.78, 5) is 25.5. The lowest BCUT2D eigenvalue weighted by Crippen LogP contribution is -2.11. The number of rotatable bonds is 2. The van der Waals surface area contributed by atoms with Crippen LogP contribution >= 0.6 is 11.3 Å². The third kappa shape index (κ3) is 2.50. The Morgan fingerprint density at radius 3 is 3.09 bits per heavy atom. The second kappa shape index (κ2) is 5.53. The van der Waals surface area contributed by atoms with E-state index >= 15 is 0 Å². The third-order valence-electron chi connectivity index (χ3n) is 4.00. The molecule has 1 amide bonds. The average molecular weight is 312 g/mol. The van der Waals surface area contributed by atoms with Gasteiger partial charge < -0.3 is 4.98 Å². The third-order valence-corrected chi connectivity index (χ3v) is 5.07. The van der Waals surface area contributed by atoms with Crippen molar-refractivity contribution >= 4 is 33.4 Å². The quantitative estimate of drug-likeness (QED) is 0.711. The number of H-pyrrole nitrogens is 1. The van der Waals surface area contributed by atoms with Crippen molar-refractivity contribution in [2.24, 2.45) is 0 Å². The molecule has 6 heteroatoms. The van der Waals surface area contributed by atoms with E-state index in [2.05, 4.69) is 20.3 Å². The number of hydrogen-bond acceptors (Lipinski definition) is 4. The maximum atomic E-state index is 12.4. The van der Waals surface area contributed by atoms with Crippen molar-refractivity contribution in [3.63, 3.8) is 0 Å². The van der Waals surface area contributed by atoms with Crippen molar-refractivity contribution in [2.45, 2.75) is 32.1 Å². The molecular formula is C16H16N4OS. The number of nitrogens with zero attached hydrogens (tertiary/aromatic N) is 2. The zero-order chi connectivity index (χ0) is 14.9. The van der Waals surface area contributed by atoms with Gasteiger partial charge in [0.25, 0.3) is 5.91 Å². The summed E-state index contributed by atoms with van der Waals surface area (Å²) in [5.74, 6) is -0.125. The zero-order valence-electron chi connectivity index (χ0n) is 12.1. The molecule has 0 saturated heterocycles. The van der Waals surface area contributed by atoms with Gasteiger partial charge in [0, 0.05) is 10.4 Å². The molecule has 0 saturated carbocycles. The molecule has 1 aliphatic carbocycles. The lowest BCUT2D eigenvalue weighted by molar-refractivity contribution is 0.102. The zero-order valence-corrected chi connectivity index (χ0v) is 12.9. The topological polar surface area (TPSA) is 70.7 Å². The van der Waals surface area contributed by atoms with E-state index < -0.39 is 0 Å². The van der Waals surface area contributed by atoms with E-state index in [1.807, 2.05) is 12.1 Å². The van der Waals surface area contributed by atoms with Gasteiger partial charge in [-0.2, -0.15) is 0 Å². The Kier molecular flexibility index (Phi) is 3.38. The maximum absolute atomic E-state index is 12.4. The maximum Gasteiger partial charge on any atom is 0.257 e. The molecule has 0 atom stereocenters. The first-order valence-corrected chi connectivity index (χ1v) is 8.34. The number of aromatic nitrogens is 3. The van der Waals surface area contributed by atoms with Gasteiger partial charge in [0.05, 0.1) is 23.1 Å². The predicted molar refractivity (Wildman–Crippen MR) is 87.4 cm³/mol. The van der Waals surface area contributed by atoms with Crippen LogP contribution < -0.4 is 5.32 Å². The molecule has 22 heavy (non-hydrogen) atoms. The normalized spacial score (nSPS) is 14.5. The summed E-state index contributed by atoms with van der Waals surface area (Å²) in [7, 11) is 0. The van der Waals surface area contributed by atoms with Gasteiger partial charge in [-0.25, -0.2) is 9.97 Å². The van der Waals surface area contributed by atoms with Crippen LogP contribution in [-0.4, -0.2) is 20.9 Å². The van der Waals surface area contributed by atoms with Gasteiger partial charge in [0.15, 0.2) is 5.13 Å². The van der Waals surface area contributed by atoms with Crippen molar-refractivity contribution in [3.05, 3.63) is 40.7 Å². The van der Waals surface area contributed by atoms with E-state index in [1.54, 1.807) is 23.7 Å². The smallest absolute Gasteiger partial charge is 0.257 e. The van der Waals surface area contributed by atoms with Gasteiger partial charge in [-0.3, -0.25) is 10.1 Å². The van der Waals surface area contributed by atoms with Crippen LogP contribution in [0.4, 0.5) is 5.13 Å². The number of imidazole rings is 1. The van der Waals surface area contributed by atoms with E-state index in [4.69, 9.17) is 0 Å². The highest BCUT2D eigenvalue weighted by Gasteiger charge is 2.16. The van der Waals surface area contributed by atoms with Crippen molar-refractivity contribution in [1.29, 1.82) is 0 Å². The van der Waals surface area contributed by atoms with Crippen molar-refractivity contribution in [2.75, 3.05) is 5.32 Å². The fraction of sp³-hybridized carbons (Fsp3) is 0.312. The highest BCUT2D eigenvalue weighted by Crippen LogP contribution is 2.29. The summed E-state index contributed by atoms with van der Waals surface area (Å²) >= 11 is 1.61. The highest BCUT2D eigenvalue weighted by atomic mass is 32.1. The molecule has 5 nitrogen and oxygen atoms in total. The largest absolute Gasteiger partial charge is 0.345 e. The Morgan fingerprint density at radius 2 is 2.14 bits per heavy atom. The molecule has 0 unspecified atom stereocenters. The summed E-state index contributed by atoms with van der Waals surface area (Å²) in [5, 5.41) is 3.64. The Hall–Kier alpha value is -2.21. The number of carbonyl (C=O) groups is 1. The first kappa shape index (κ1) is 13.5. The van der Waals surface area contributed by atoms with Crippen LogP contribution in [0.15, 0.2) is 24.5 Å². The van der Waals surface area contributed by atoms with Crippen LogP contribution in [0, 0.1) is 0 Å². The molecule has 0 aliphatic heterocycles. The second-order valence-corrected chi connectivity index (χ2v) is 6.62. The molecule has 0 radical (unpaired) electrons. The number of amides is 1. The number of aromatic amines is 1. The number of benzene rings is 1. The van der Waals surface area contributed by atoms with Crippen molar-refractivity contribution < 1.29 is 4.79 Å². The molecule has 1 aliphatic rings. The summed E-state index contributed by atoms with van der Waals surface area (Å²) in [5.41, 5.74) is 3.50. The summed E-state index contributed by atoms with van der Waals surface area (Å²) in [6.07, 6.45) is 7.43. The minimum atomic E-state index is -0.125.